The van der Waals surface area contributed by atoms with Gasteiger partial charge in [0.25, 0.3) is 0 Å². The van der Waals surface area contributed by atoms with Gasteiger partial charge in [-0.25, -0.2) is 0 Å². The van der Waals surface area contributed by atoms with Crippen LogP contribution in [0, 0.1) is 0 Å². The number of hydrogen-bond acceptors (Lipinski definition) is 3. The zero-order chi connectivity index (χ0) is 14.2. The lowest BCUT2D eigenvalue weighted by Gasteiger charge is -2.32. The molecule has 3 unspecified atom stereocenters. The van der Waals surface area contributed by atoms with Crippen LogP contribution in [0.25, 0.3) is 0 Å². The molecule has 1 heterocycles. The van der Waals surface area contributed by atoms with E-state index >= 15 is 0 Å². The van der Waals surface area contributed by atoms with Crippen molar-refractivity contribution >= 4 is 15.0 Å². The van der Waals surface area contributed by atoms with Crippen LogP contribution in [-0.2, 0) is 9.13 Å². The van der Waals surface area contributed by atoms with Crippen LogP contribution >= 0.6 is 15.0 Å². The van der Waals surface area contributed by atoms with Crippen LogP contribution in [-0.4, -0.2) is 31.5 Å². The smallest absolute Gasteiger partial charge is 0.364 e. The maximum atomic E-state index is 11.7. The van der Waals surface area contributed by atoms with Crippen molar-refractivity contribution in [3.8, 4) is 0 Å². The van der Waals surface area contributed by atoms with Crippen LogP contribution < -0.4 is 4.57 Å². The molecule has 0 saturated heterocycles. The molecule has 7 nitrogen and oxygen atoms in total. The first kappa shape index (κ1) is 15.5. The van der Waals surface area contributed by atoms with Crippen LogP contribution in [0.3, 0.4) is 0 Å². The summed E-state index contributed by atoms with van der Waals surface area (Å²) >= 11 is 0. The highest BCUT2D eigenvalue weighted by molar-refractivity contribution is 7.74. The zero-order valence-electron chi connectivity index (χ0n) is 9.91. The van der Waals surface area contributed by atoms with E-state index < -0.39 is 26.1 Å². The number of aromatic nitrogens is 1. The molecule has 0 spiro atoms. The minimum atomic E-state index is -5.21. The van der Waals surface area contributed by atoms with E-state index in [9.17, 15) is 28.9 Å². The summed E-state index contributed by atoms with van der Waals surface area (Å²) in [7, 11) is -9.67. The number of hydrogen-bond donors (Lipinski definition) is 4. The molecule has 4 N–H and O–H groups in total. The van der Waals surface area contributed by atoms with Crippen molar-refractivity contribution in [3.05, 3.63) is 30.6 Å². The Bertz CT molecular complexity index is 485. The molecule has 18 heavy (non-hydrogen) atoms. The van der Waals surface area contributed by atoms with Gasteiger partial charge in [0.2, 0.25) is 13.4 Å². The van der Waals surface area contributed by atoms with E-state index in [-0.39, 0.29) is 0 Å². The van der Waals surface area contributed by atoms with Gasteiger partial charge in [-0.05, 0) is 0 Å². The predicted octanol–water partition coefficient (Wildman–Crippen LogP) is 0.259. The molecule has 3 atom stereocenters. The van der Waals surface area contributed by atoms with Crippen molar-refractivity contribution in [2.75, 3.05) is 6.66 Å². The van der Waals surface area contributed by atoms with Crippen LogP contribution in [0.5, 0.6) is 0 Å². The van der Waals surface area contributed by atoms with Crippen LogP contribution in [0.1, 0.15) is 13.0 Å². The van der Waals surface area contributed by atoms with Gasteiger partial charge in [0.05, 0.1) is 0 Å². The van der Waals surface area contributed by atoms with Crippen molar-refractivity contribution in [2.45, 2.75) is 18.0 Å². The van der Waals surface area contributed by atoms with Gasteiger partial charge in [-0.2, -0.15) is 4.57 Å². The Balaban J connectivity index is 3.40. The predicted molar refractivity (Wildman–Crippen MR) is 64.1 cm³/mol. The average molecular weight is 296 g/mol. The van der Waals surface area contributed by atoms with Gasteiger partial charge in [-0.3, -0.25) is 9.13 Å². The monoisotopic (exact) mass is 296 g/mol. The molecular formula is C9H16NO6P2+. The summed E-state index contributed by atoms with van der Waals surface area (Å²) < 4.78 is 24.4. The molecule has 0 aromatic carbocycles. The van der Waals surface area contributed by atoms with Gasteiger partial charge >= 0.3 is 12.7 Å². The zero-order valence-corrected chi connectivity index (χ0v) is 11.7. The maximum Gasteiger partial charge on any atom is 0.374 e. The summed E-state index contributed by atoms with van der Waals surface area (Å²) in [6, 6.07) is 3.56. The molecule has 0 amide bonds. The number of nitrogens with zero attached hydrogens (tertiary/aromatic N) is 1. The van der Waals surface area contributed by atoms with E-state index in [4.69, 9.17) is 0 Å². The summed E-state index contributed by atoms with van der Waals surface area (Å²) in [6.07, 6.45) is 2.89. The van der Waals surface area contributed by atoms with E-state index in [1.165, 1.54) is 23.9 Å². The maximum absolute atomic E-state index is 11.7. The topological polar surface area (TPSA) is 119 Å². The van der Waals surface area contributed by atoms with E-state index in [1.807, 2.05) is 0 Å². The van der Waals surface area contributed by atoms with Gasteiger partial charge in [0.15, 0.2) is 12.4 Å². The van der Waals surface area contributed by atoms with Crippen molar-refractivity contribution in [2.24, 2.45) is 0 Å². The fourth-order valence-corrected chi connectivity index (χ4v) is 5.08. The normalized spacial score (nSPS) is 20.8. The van der Waals surface area contributed by atoms with Gasteiger partial charge in [0, 0.05) is 25.7 Å². The number of pyridine rings is 1. The fourth-order valence-electron chi connectivity index (χ4n) is 1.70. The molecule has 1 aromatic rings. The molecule has 0 bridgehead atoms. The molecule has 0 saturated carbocycles. The third-order valence-corrected chi connectivity index (χ3v) is 7.51. The Morgan fingerprint density at radius 1 is 1.11 bits per heavy atom. The minimum absolute atomic E-state index is 0.728. The molecule has 0 fully saturated rings. The van der Waals surface area contributed by atoms with E-state index in [0.29, 0.717) is 0 Å². The van der Waals surface area contributed by atoms with Crippen LogP contribution in [0.15, 0.2) is 30.6 Å². The van der Waals surface area contributed by atoms with E-state index in [0.717, 1.165) is 6.66 Å². The van der Waals surface area contributed by atoms with Crippen LogP contribution in [0.4, 0.5) is 0 Å². The quantitative estimate of drug-likeness (QED) is 0.467. The highest BCUT2D eigenvalue weighted by atomic mass is 31.2. The second-order valence-electron chi connectivity index (χ2n) is 4.11. The number of aliphatic hydroxyl groups is 1. The summed E-state index contributed by atoms with van der Waals surface area (Å²) in [6.45, 7) is 2.00. The molecule has 0 aliphatic carbocycles. The Kier molecular flexibility index (Phi) is 4.18. The molecule has 1 rings (SSSR count). The van der Waals surface area contributed by atoms with Gasteiger partial charge in [-0.1, -0.05) is 6.07 Å². The van der Waals surface area contributed by atoms with Crippen molar-refractivity contribution in [3.63, 3.8) is 0 Å². The minimum Gasteiger partial charge on any atom is -0.364 e. The van der Waals surface area contributed by atoms with E-state index in [1.54, 1.807) is 18.2 Å². The summed E-state index contributed by atoms with van der Waals surface area (Å²) in [4.78, 5) is 27.9. The Hall–Kier alpha value is -0.550. The first-order valence-corrected chi connectivity index (χ1v) is 8.78. The Morgan fingerprint density at radius 2 is 1.56 bits per heavy atom. The molecule has 0 aliphatic heterocycles. The molecule has 102 valence electrons. The third kappa shape index (κ3) is 2.57. The lowest BCUT2D eigenvalue weighted by molar-refractivity contribution is -0.726. The fraction of sp³-hybridized carbons (Fsp3) is 0.444. The first-order valence-electron chi connectivity index (χ1n) is 5.06. The molecule has 0 radical (unpaired) electrons. The largest absolute Gasteiger partial charge is 0.374 e. The highest BCUT2D eigenvalue weighted by Crippen LogP contribution is 2.70. The van der Waals surface area contributed by atoms with Crippen molar-refractivity contribution in [1.29, 1.82) is 0 Å². The van der Waals surface area contributed by atoms with Gasteiger partial charge in [-0.15, -0.1) is 0 Å². The lowest BCUT2D eigenvalue weighted by Crippen LogP contribution is -2.51. The highest BCUT2D eigenvalue weighted by Gasteiger charge is 2.64. The Morgan fingerprint density at radius 3 is 1.89 bits per heavy atom. The van der Waals surface area contributed by atoms with Gasteiger partial charge < -0.3 is 19.8 Å². The standard InChI is InChI=1S/C9H15NO6P2/c1-8(10-6-4-3-5-7-10)9(11,17(2,12)13)18(14,15)16/h3-8,11H,1-2H3,(H2-,12,13,14,15,16)/p+1. The average Bonchev–Trinajstić information content (AvgIpc) is 2.25. The SMILES string of the molecule is CC([n+]1ccccc1)C(O)(P(C)(=O)O)P(=O)(O)O. The van der Waals surface area contributed by atoms with Crippen LogP contribution in [0.2, 0.25) is 0 Å². The second-order valence-corrected chi connectivity index (χ2v) is 8.67. The molecular weight excluding hydrogens is 280 g/mol. The molecule has 9 heteroatoms. The number of rotatable bonds is 4. The molecule has 1 aromatic heterocycles. The second kappa shape index (κ2) is 4.85. The lowest BCUT2D eigenvalue weighted by atomic mass is 10.3. The van der Waals surface area contributed by atoms with E-state index in [2.05, 4.69) is 0 Å². The molecule has 0 aliphatic rings. The summed E-state index contributed by atoms with van der Waals surface area (Å²) in [5.41, 5.74) is 0. The summed E-state index contributed by atoms with van der Waals surface area (Å²) in [5.74, 6) is 0. The Labute approximate surface area is 104 Å². The summed E-state index contributed by atoms with van der Waals surface area (Å²) in [5, 5.41) is 7.09. The third-order valence-electron chi connectivity index (χ3n) is 2.79. The van der Waals surface area contributed by atoms with Crippen molar-refractivity contribution < 1.29 is 33.5 Å². The van der Waals surface area contributed by atoms with Crippen molar-refractivity contribution in [1.82, 2.24) is 0 Å². The van der Waals surface area contributed by atoms with Gasteiger partial charge in [0.1, 0.15) is 0 Å². The first-order chi connectivity index (χ1) is 8.02.